The molecule has 0 aliphatic carbocycles. The summed E-state index contributed by atoms with van der Waals surface area (Å²) in [6.07, 6.45) is 1.86. The first-order chi connectivity index (χ1) is 19.8. The molecule has 2 heteroatoms. The van der Waals surface area contributed by atoms with Gasteiger partial charge < -0.3 is 0 Å². The Labute approximate surface area is 232 Å². The van der Waals surface area contributed by atoms with Crippen LogP contribution in [0.5, 0.6) is 0 Å². The molecule has 0 aliphatic heterocycles. The summed E-state index contributed by atoms with van der Waals surface area (Å²) in [5.41, 5.74) is 8.87. The third-order valence-corrected chi connectivity index (χ3v) is 7.91. The zero-order valence-corrected chi connectivity index (χ0v) is 21.8. The van der Waals surface area contributed by atoms with Crippen LogP contribution < -0.4 is 0 Å². The van der Waals surface area contributed by atoms with Gasteiger partial charge in [-0.15, -0.1) is 0 Å². The maximum atomic E-state index is 5.21. The summed E-state index contributed by atoms with van der Waals surface area (Å²) in [7, 11) is 0. The van der Waals surface area contributed by atoms with Crippen LogP contribution in [-0.4, -0.2) is 9.97 Å². The summed E-state index contributed by atoms with van der Waals surface area (Å²) in [4.78, 5) is 9.87. The van der Waals surface area contributed by atoms with Crippen molar-refractivity contribution in [3.63, 3.8) is 0 Å². The van der Waals surface area contributed by atoms with E-state index in [9.17, 15) is 0 Å². The topological polar surface area (TPSA) is 25.8 Å². The summed E-state index contributed by atoms with van der Waals surface area (Å²) in [5.74, 6) is 0. The summed E-state index contributed by atoms with van der Waals surface area (Å²) < 4.78 is 0. The quantitative estimate of drug-likeness (QED) is 0.222. The SMILES string of the molecule is c1ccc2c(-c3cccc4c(-c5ccc(-c6cccc7cccnc67)cc5)nc5ccccc5c34)cccc2c1. The van der Waals surface area contributed by atoms with Gasteiger partial charge in [-0.25, -0.2) is 4.98 Å². The third-order valence-electron chi connectivity index (χ3n) is 7.91. The summed E-state index contributed by atoms with van der Waals surface area (Å²) in [6.45, 7) is 0. The first kappa shape index (κ1) is 22.6. The van der Waals surface area contributed by atoms with Crippen LogP contribution in [-0.2, 0) is 0 Å². The van der Waals surface area contributed by atoms with Gasteiger partial charge in [0.25, 0.3) is 0 Å². The van der Waals surface area contributed by atoms with Gasteiger partial charge in [0.05, 0.1) is 16.7 Å². The molecule has 6 aromatic carbocycles. The Balaban J connectivity index is 1.36. The van der Waals surface area contributed by atoms with Gasteiger partial charge in [0.15, 0.2) is 0 Å². The molecule has 8 aromatic rings. The molecule has 8 rings (SSSR count). The second-order valence-electron chi connectivity index (χ2n) is 10.2. The van der Waals surface area contributed by atoms with Crippen LogP contribution >= 0.6 is 0 Å². The fourth-order valence-corrected chi connectivity index (χ4v) is 6.05. The second-order valence-corrected chi connectivity index (χ2v) is 10.2. The molecule has 186 valence electrons. The number of hydrogen-bond donors (Lipinski definition) is 0. The average molecular weight is 509 g/mol. The van der Waals surface area contributed by atoms with Crippen molar-refractivity contribution in [2.24, 2.45) is 0 Å². The fourth-order valence-electron chi connectivity index (χ4n) is 6.05. The first-order valence-corrected chi connectivity index (χ1v) is 13.6. The minimum absolute atomic E-state index is 0.999. The molecule has 2 heterocycles. The van der Waals surface area contributed by atoms with Gasteiger partial charge in [0, 0.05) is 38.9 Å². The molecule has 0 atom stereocenters. The van der Waals surface area contributed by atoms with Crippen LogP contribution in [0.2, 0.25) is 0 Å². The van der Waals surface area contributed by atoms with Gasteiger partial charge in [0.1, 0.15) is 0 Å². The van der Waals surface area contributed by atoms with Crippen molar-refractivity contribution in [1.29, 1.82) is 0 Å². The predicted molar refractivity (Wildman–Crippen MR) is 168 cm³/mol. The lowest BCUT2D eigenvalue weighted by Gasteiger charge is -2.15. The van der Waals surface area contributed by atoms with E-state index in [-0.39, 0.29) is 0 Å². The van der Waals surface area contributed by atoms with Crippen LogP contribution in [0.25, 0.3) is 76.9 Å². The van der Waals surface area contributed by atoms with Gasteiger partial charge in [-0.3, -0.25) is 4.98 Å². The molecule has 40 heavy (non-hydrogen) atoms. The van der Waals surface area contributed by atoms with E-state index in [0.717, 1.165) is 44.2 Å². The van der Waals surface area contributed by atoms with Crippen LogP contribution in [0.3, 0.4) is 0 Å². The van der Waals surface area contributed by atoms with Crippen LogP contribution in [0.4, 0.5) is 0 Å². The Morgan fingerprint density at radius 1 is 0.400 bits per heavy atom. The minimum atomic E-state index is 0.999. The predicted octanol–water partition coefficient (Wildman–Crippen LogP) is 10.1. The average Bonchev–Trinajstić information content (AvgIpc) is 3.03. The first-order valence-electron chi connectivity index (χ1n) is 13.6. The normalized spacial score (nSPS) is 11.5. The zero-order valence-electron chi connectivity index (χ0n) is 21.8. The molecule has 2 nitrogen and oxygen atoms in total. The van der Waals surface area contributed by atoms with Crippen LogP contribution in [0.15, 0.2) is 146 Å². The molecule has 0 saturated carbocycles. The molecule has 0 unspecified atom stereocenters. The van der Waals surface area contributed by atoms with Crippen LogP contribution in [0, 0.1) is 0 Å². The number of para-hydroxylation sites is 2. The van der Waals surface area contributed by atoms with E-state index >= 15 is 0 Å². The minimum Gasteiger partial charge on any atom is -0.256 e. The molecule has 0 aliphatic rings. The zero-order chi connectivity index (χ0) is 26.5. The summed E-state index contributed by atoms with van der Waals surface area (Å²) >= 11 is 0. The highest BCUT2D eigenvalue weighted by Crippen LogP contribution is 2.41. The summed E-state index contributed by atoms with van der Waals surface area (Å²) in [6, 6.07) is 49.5. The standard InChI is InChI=1S/C38H24N2/c1-2-13-29-25(9-1)10-5-16-31(29)32-17-7-18-34-36(32)33-14-3-4-19-35(33)40-38(34)28-22-20-26(21-23-28)30-15-6-11-27-12-8-24-39-37(27)30/h1-24H. The number of aromatic nitrogens is 2. The van der Waals surface area contributed by atoms with Crippen molar-refractivity contribution in [3.8, 4) is 33.5 Å². The van der Waals surface area contributed by atoms with E-state index in [1.807, 2.05) is 12.3 Å². The molecule has 0 spiro atoms. The maximum Gasteiger partial charge on any atom is 0.0788 e. The lowest BCUT2D eigenvalue weighted by Crippen LogP contribution is -1.92. The molecule has 0 fully saturated rings. The number of benzene rings is 6. The Hall–Kier alpha value is -5.34. The van der Waals surface area contributed by atoms with E-state index < -0.39 is 0 Å². The number of nitrogens with zero attached hydrogens (tertiary/aromatic N) is 2. The summed E-state index contributed by atoms with van der Waals surface area (Å²) in [5, 5.41) is 7.21. The van der Waals surface area contributed by atoms with E-state index in [1.165, 1.54) is 32.7 Å². The highest BCUT2D eigenvalue weighted by molar-refractivity contribution is 6.19. The highest BCUT2D eigenvalue weighted by atomic mass is 14.7. The van der Waals surface area contributed by atoms with Gasteiger partial charge in [0.2, 0.25) is 0 Å². The van der Waals surface area contributed by atoms with Crippen molar-refractivity contribution < 1.29 is 0 Å². The number of fused-ring (bicyclic) bond motifs is 5. The smallest absolute Gasteiger partial charge is 0.0788 e. The molecule has 2 aromatic heterocycles. The molecule has 0 saturated heterocycles. The molecule has 0 N–H and O–H groups in total. The molecule has 0 radical (unpaired) electrons. The van der Waals surface area contributed by atoms with Gasteiger partial charge in [-0.1, -0.05) is 127 Å². The van der Waals surface area contributed by atoms with Crippen molar-refractivity contribution in [2.75, 3.05) is 0 Å². The largest absolute Gasteiger partial charge is 0.256 e. The monoisotopic (exact) mass is 508 g/mol. The Morgan fingerprint density at radius 3 is 1.93 bits per heavy atom. The fraction of sp³-hybridized carbons (Fsp3) is 0. The Morgan fingerprint density at radius 2 is 1.02 bits per heavy atom. The third kappa shape index (κ3) is 3.58. The van der Waals surface area contributed by atoms with Crippen molar-refractivity contribution >= 4 is 43.4 Å². The maximum absolute atomic E-state index is 5.21. The van der Waals surface area contributed by atoms with Gasteiger partial charge in [-0.05, 0) is 39.6 Å². The lowest BCUT2D eigenvalue weighted by atomic mass is 9.90. The second kappa shape index (κ2) is 9.14. The Bertz CT molecular complexity index is 2200. The van der Waals surface area contributed by atoms with Crippen molar-refractivity contribution in [3.05, 3.63) is 146 Å². The van der Waals surface area contributed by atoms with E-state index in [4.69, 9.17) is 4.98 Å². The molecule has 0 bridgehead atoms. The van der Waals surface area contributed by atoms with E-state index in [1.54, 1.807) is 0 Å². The van der Waals surface area contributed by atoms with Gasteiger partial charge in [-0.2, -0.15) is 0 Å². The molecular weight excluding hydrogens is 484 g/mol. The molecule has 0 amide bonds. The Kier molecular flexibility index (Phi) is 5.17. The number of rotatable bonds is 3. The number of pyridine rings is 2. The molecular formula is C38H24N2. The van der Waals surface area contributed by atoms with Crippen LogP contribution in [0.1, 0.15) is 0 Å². The van der Waals surface area contributed by atoms with E-state index in [2.05, 4.69) is 138 Å². The van der Waals surface area contributed by atoms with Crippen molar-refractivity contribution in [1.82, 2.24) is 9.97 Å². The highest BCUT2D eigenvalue weighted by Gasteiger charge is 2.16. The lowest BCUT2D eigenvalue weighted by molar-refractivity contribution is 1.41. The van der Waals surface area contributed by atoms with E-state index in [0.29, 0.717) is 0 Å². The van der Waals surface area contributed by atoms with Gasteiger partial charge >= 0.3 is 0 Å². The number of hydrogen-bond acceptors (Lipinski definition) is 2. The van der Waals surface area contributed by atoms with Crippen molar-refractivity contribution in [2.45, 2.75) is 0 Å².